The third-order valence-electron chi connectivity index (χ3n) is 4.95. The summed E-state index contributed by atoms with van der Waals surface area (Å²) in [6, 6.07) is 17.7. The van der Waals surface area contributed by atoms with Gasteiger partial charge in [0.25, 0.3) is 0 Å². The summed E-state index contributed by atoms with van der Waals surface area (Å²) in [5.74, 6) is 1.51. The molecule has 4 aromatic rings. The van der Waals surface area contributed by atoms with Crippen molar-refractivity contribution in [2.24, 2.45) is 5.10 Å². The smallest absolute Gasteiger partial charge is 0.343 e. The van der Waals surface area contributed by atoms with Crippen molar-refractivity contribution >= 4 is 28.8 Å². The molecule has 0 saturated heterocycles. The van der Waals surface area contributed by atoms with Crippen LogP contribution in [0, 0.1) is 0 Å². The molecule has 0 aliphatic heterocycles. The van der Waals surface area contributed by atoms with Gasteiger partial charge >= 0.3 is 5.97 Å². The van der Waals surface area contributed by atoms with E-state index in [2.05, 4.69) is 20.7 Å². The number of rotatable bonds is 8. The number of hydrogen-bond donors (Lipinski definition) is 1. The molecule has 3 aromatic carbocycles. The van der Waals surface area contributed by atoms with Crippen molar-refractivity contribution < 1.29 is 23.7 Å². The van der Waals surface area contributed by atoms with Crippen molar-refractivity contribution in [1.82, 2.24) is 10.2 Å². The largest absolute Gasteiger partial charge is 0.493 e. The van der Waals surface area contributed by atoms with Crippen LogP contribution in [0.25, 0.3) is 10.8 Å². The van der Waals surface area contributed by atoms with E-state index in [4.69, 9.17) is 18.9 Å². The van der Waals surface area contributed by atoms with Gasteiger partial charge in [-0.05, 0) is 42.0 Å². The lowest BCUT2D eigenvalue weighted by Gasteiger charge is -2.13. The highest BCUT2D eigenvalue weighted by atomic mass is 16.5. The molecule has 1 heterocycles. The predicted molar refractivity (Wildman–Crippen MR) is 128 cm³/mol. The second-order valence-electron chi connectivity index (χ2n) is 7.02. The maximum atomic E-state index is 12.6. The Morgan fingerprint density at radius 3 is 2.32 bits per heavy atom. The molecule has 9 nitrogen and oxygen atoms in total. The highest BCUT2D eigenvalue weighted by Crippen LogP contribution is 2.38. The van der Waals surface area contributed by atoms with Gasteiger partial charge in [0, 0.05) is 10.8 Å². The molecular formula is C25H22N4O5. The Balaban J connectivity index is 1.43. The molecule has 0 aliphatic carbocycles. The van der Waals surface area contributed by atoms with Gasteiger partial charge in [-0.15, -0.1) is 5.10 Å². The normalized spacial score (nSPS) is 10.8. The predicted octanol–water partition coefficient (Wildman–Crippen LogP) is 4.32. The van der Waals surface area contributed by atoms with E-state index in [1.807, 2.05) is 24.3 Å². The average molecular weight is 458 g/mol. The van der Waals surface area contributed by atoms with Crippen LogP contribution in [0.1, 0.15) is 15.9 Å². The van der Waals surface area contributed by atoms with Gasteiger partial charge in [-0.25, -0.2) is 4.79 Å². The molecule has 0 unspecified atom stereocenters. The van der Waals surface area contributed by atoms with Gasteiger partial charge in [0.05, 0.1) is 39.3 Å². The van der Waals surface area contributed by atoms with E-state index in [-0.39, 0.29) is 5.56 Å². The number of nitrogens with one attached hydrogen (secondary N) is 1. The molecule has 0 fully saturated rings. The molecule has 0 bridgehead atoms. The van der Waals surface area contributed by atoms with E-state index >= 15 is 0 Å². The Morgan fingerprint density at radius 2 is 1.65 bits per heavy atom. The van der Waals surface area contributed by atoms with Crippen LogP contribution in [0.2, 0.25) is 0 Å². The van der Waals surface area contributed by atoms with Crippen LogP contribution in [-0.4, -0.2) is 43.7 Å². The quantitative estimate of drug-likeness (QED) is 0.180. The Hall–Kier alpha value is -4.66. The molecule has 0 spiro atoms. The van der Waals surface area contributed by atoms with Crippen LogP contribution in [0.3, 0.4) is 0 Å². The van der Waals surface area contributed by atoms with E-state index in [1.165, 1.54) is 33.5 Å². The molecule has 0 aliphatic rings. The second kappa shape index (κ2) is 10.3. The van der Waals surface area contributed by atoms with Crippen LogP contribution < -0.4 is 24.4 Å². The van der Waals surface area contributed by atoms with Gasteiger partial charge in [0.2, 0.25) is 5.75 Å². The molecule has 4 rings (SSSR count). The number of methoxy groups -OCH3 is 3. The van der Waals surface area contributed by atoms with Crippen molar-refractivity contribution in [1.29, 1.82) is 0 Å². The zero-order chi connectivity index (χ0) is 23.9. The summed E-state index contributed by atoms with van der Waals surface area (Å²) < 4.78 is 21.3. The first kappa shape index (κ1) is 22.5. The minimum Gasteiger partial charge on any atom is -0.493 e. The lowest BCUT2D eigenvalue weighted by Crippen LogP contribution is -2.09. The van der Waals surface area contributed by atoms with Crippen LogP contribution in [0.15, 0.2) is 72.0 Å². The van der Waals surface area contributed by atoms with Gasteiger partial charge in [0.1, 0.15) is 5.75 Å². The number of esters is 1. The van der Waals surface area contributed by atoms with Gasteiger partial charge in [-0.2, -0.15) is 10.2 Å². The monoisotopic (exact) mass is 458 g/mol. The minimum atomic E-state index is -0.558. The lowest BCUT2D eigenvalue weighted by molar-refractivity contribution is 0.0734. The van der Waals surface area contributed by atoms with Crippen molar-refractivity contribution in [3.63, 3.8) is 0 Å². The fourth-order valence-corrected chi connectivity index (χ4v) is 3.27. The second-order valence-corrected chi connectivity index (χ2v) is 7.02. The molecule has 1 aromatic heterocycles. The number of carbonyl (C=O) groups is 1. The number of anilines is 1. The highest BCUT2D eigenvalue weighted by molar-refractivity contribution is 5.93. The summed E-state index contributed by atoms with van der Waals surface area (Å²) in [6.07, 6.45) is 3.33. The fourth-order valence-electron chi connectivity index (χ4n) is 3.27. The van der Waals surface area contributed by atoms with Crippen LogP contribution >= 0.6 is 0 Å². The zero-order valence-corrected chi connectivity index (χ0v) is 18.8. The van der Waals surface area contributed by atoms with E-state index in [9.17, 15) is 4.79 Å². The van der Waals surface area contributed by atoms with Gasteiger partial charge in [-0.3, -0.25) is 5.43 Å². The van der Waals surface area contributed by atoms with E-state index < -0.39 is 5.97 Å². The Labute approximate surface area is 195 Å². The van der Waals surface area contributed by atoms with Crippen molar-refractivity contribution in [2.75, 3.05) is 26.8 Å². The van der Waals surface area contributed by atoms with Gasteiger partial charge in [0.15, 0.2) is 17.3 Å². The molecule has 9 heteroatoms. The number of aromatic nitrogens is 2. The molecule has 172 valence electrons. The topological polar surface area (TPSA) is 104 Å². The van der Waals surface area contributed by atoms with Crippen molar-refractivity contribution in [3.8, 4) is 23.0 Å². The number of nitrogens with zero attached hydrogens (tertiary/aromatic N) is 3. The Morgan fingerprint density at radius 1 is 0.941 bits per heavy atom. The molecule has 0 radical (unpaired) electrons. The van der Waals surface area contributed by atoms with Crippen molar-refractivity contribution in [3.05, 3.63) is 78.0 Å². The maximum absolute atomic E-state index is 12.6. The molecular weight excluding hydrogens is 436 g/mol. The molecule has 0 atom stereocenters. The van der Waals surface area contributed by atoms with Crippen LogP contribution in [0.4, 0.5) is 5.82 Å². The number of hydrazone groups is 1. The summed E-state index contributed by atoms with van der Waals surface area (Å²) >= 11 is 0. The van der Waals surface area contributed by atoms with Crippen LogP contribution in [0.5, 0.6) is 23.0 Å². The Bertz CT molecular complexity index is 1310. The summed E-state index contributed by atoms with van der Waals surface area (Å²) in [5.41, 5.74) is 3.98. The third-order valence-corrected chi connectivity index (χ3v) is 4.95. The van der Waals surface area contributed by atoms with Crippen molar-refractivity contribution in [2.45, 2.75) is 0 Å². The average Bonchev–Trinajstić information content (AvgIpc) is 2.88. The van der Waals surface area contributed by atoms with Gasteiger partial charge < -0.3 is 18.9 Å². The lowest BCUT2D eigenvalue weighted by atomic mass is 10.2. The first-order valence-electron chi connectivity index (χ1n) is 10.2. The standard InChI is InChI=1S/C25H22N4O5/c1-31-21-12-18(13-22(32-2)23(21)33-3)25(30)34-19-10-8-16(9-11-19)14-26-28-24-20-7-5-4-6-17(20)15-27-29-24/h4-15H,1-3H3,(H,28,29). The van der Waals surface area contributed by atoms with Crippen LogP contribution in [-0.2, 0) is 0 Å². The first-order valence-corrected chi connectivity index (χ1v) is 10.2. The number of fused-ring (bicyclic) bond motifs is 1. The highest BCUT2D eigenvalue weighted by Gasteiger charge is 2.18. The summed E-state index contributed by atoms with van der Waals surface area (Å²) in [7, 11) is 4.46. The van der Waals surface area contributed by atoms with E-state index in [0.717, 1.165) is 16.3 Å². The van der Waals surface area contributed by atoms with Gasteiger partial charge in [-0.1, -0.05) is 24.3 Å². The number of ether oxygens (including phenoxy) is 4. The third kappa shape index (κ3) is 4.88. The number of benzene rings is 3. The molecule has 0 saturated carbocycles. The fraction of sp³-hybridized carbons (Fsp3) is 0.120. The summed E-state index contributed by atoms with van der Waals surface area (Å²) in [5, 5.41) is 14.2. The maximum Gasteiger partial charge on any atom is 0.343 e. The van der Waals surface area contributed by atoms with E-state index in [1.54, 1.807) is 36.7 Å². The number of carbonyl (C=O) groups excluding carboxylic acids is 1. The summed E-state index contributed by atoms with van der Waals surface area (Å²) in [4.78, 5) is 12.6. The SMILES string of the molecule is COc1cc(C(=O)Oc2ccc(C=NNc3nncc4ccccc34)cc2)cc(OC)c1OC. The molecule has 34 heavy (non-hydrogen) atoms. The minimum absolute atomic E-state index is 0.264. The summed E-state index contributed by atoms with van der Waals surface area (Å²) in [6.45, 7) is 0. The molecule has 1 N–H and O–H groups in total. The van der Waals surface area contributed by atoms with E-state index in [0.29, 0.717) is 28.8 Å². The number of hydrogen-bond acceptors (Lipinski definition) is 9. The Kier molecular flexibility index (Phi) is 6.83. The zero-order valence-electron chi connectivity index (χ0n) is 18.8. The molecule has 0 amide bonds. The first-order chi connectivity index (χ1) is 16.6.